The van der Waals surface area contributed by atoms with Gasteiger partial charge >= 0.3 is 0 Å². The van der Waals surface area contributed by atoms with Crippen LogP contribution >= 0.6 is 23.2 Å². The van der Waals surface area contributed by atoms with E-state index in [1.807, 2.05) is 12.1 Å². The van der Waals surface area contributed by atoms with E-state index in [1.165, 1.54) is 39.5 Å². The molecular weight excluding hydrogens is 495 g/mol. The van der Waals surface area contributed by atoms with Gasteiger partial charge in [-0.1, -0.05) is 99.5 Å². The molecule has 1 atom stereocenters. The van der Waals surface area contributed by atoms with E-state index in [-0.39, 0.29) is 16.7 Å². The lowest BCUT2D eigenvalue weighted by molar-refractivity contribution is 0.634. The van der Waals surface area contributed by atoms with Gasteiger partial charge in [-0.15, -0.1) is 0 Å². The number of nitrogens with zero attached hydrogens (tertiary/aromatic N) is 2. The van der Waals surface area contributed by atoms with Crippen LogP contribution in [0, 0.1) is 0 Å². The maximum absolute atomic E-state index is 6.39. The fourth-order valence-corrected chi connectivity index (χ4v) is 6.34. The minimum absolute atomic E-state index is 0.117. The Hall–Kier alpha value is -2.94. The number of hydrogen-bond acceptors (Lipinski definition) is 2. The number of hydrogen-bond donors (Lipinski definition) is 0. The molecule has 5 rings (SSSR count). The molecule has 0 aliphatic carbocycles. The van der Waals surface area contributed by atoms with Crippen molar-refractivity contribution in [1.82, 2.24) is 0 Å². The summed E-state index contributed by atoms with van der Waals surface area (Å²) in [4.78, 5) is 4.59. The number of rotatable bonds is 4. The Bertz CT molecular complexity index is 1430. The molecule has 0 radical (unpaired) electrons. The molecule has 2 heterocycles. The molecule has 4 heteroatoms. The topological polar surface area (TPSA) is 6.48 Å². The first kappa shape index (κ1) is 25.7. The first-order chi connectivity index (χ1) is 17.5. The van der Waals surface area contributed by atoms with Gasteiger partial charge in [0.1, 0.15) is 0 Å². The molecule has 0 bridgehead atoms. The van der Waals surface area contributed by atoms with Gasteiger partial charge < -0.3 is 9.80 Å². The molecule has 0 N–H and O–H groups in total. The molecule has 0 spiro atoms. The van der Waals surface area contributed by atoms with E-state index in [0.29, 0.717) is 0 Å². The van der Waals surface area contributed by atoms with Gasteiger partial charge in [0.2, 0.25) is 0 Å². The third kappa shape index (κ3) is 4.41. The van der Waals surface area contributed by atoms with Crippen LogP contribution < -0.4 is 9.80 Å². The van der Waals surface area contributed by atoms with E-state index in [1.54, 1.807) is 0 Å². The lowest BCUT2D eigenvalue weighted by Gasteiger charge is -2.26. The van der Waals surface area contributed by atoms with Crippen molar-refractivity contribution in [2.75, 3.05) is 23.9 Å². The Morgan fingerprint density at radius 1 is 0.703 bits per heavy atom. The molecule has 3 aromatic rings. The van der Waals surface area contributed by atoms with Gasteiger partial charge in [-0.25, -0.2) is 0 Å². The maximum Gasteiger partial charge on any atom is 0.0449 e. The summed E-state index contributed by atoms with van der Waals surface area (Å²) in [5, 5.41) is 1.55. The zero-order valence-corrected chi connectivity index (χ0v) is 23.9. The van der Waals surface area contributed by atoms with Gasteiger partial charge in [-0.3, -0.25) is 0 Å². The summed E-state index contributed by atoms with van der Waals surface area (Å²) in [5.41, 5.74) is 8.45. The van der Waals surface area contributed by atoms with Crippen LogP contribution in [0.5, 0.6) is 0 Å². The zero-order valence-electron chi connectivity index (χ0n) is 22.4. The summed E-state index contributed by atoms with van der Waals surface area (Å²) in [6.07, 6.45) is 9.16. The lowest BCUT2D eigenvalue weighted by atomic mass is 9.82. The van der Waals surface area contributed by atoms with Gasteiger partial charge in [0.15, 0.2) is 0 Å². The smallest absolute Gasteiger partial charge is 0.0449 e. The van der Waals surface area contributed by atoms with E-state index in [9.17, 15) is 0 Å². The van der Waals surface area contributed by atoms with Crippen LogP contribution in [-0.2, 0) is 10.8 Å². The highest BCUT2D eigenvalue weighted by molar-refractivity contribution is 6.31. The van der Waals surface area contributed by atoms with Crippen molar-refractivity contribution in [3.63, 3.8) is 0 Å². The highest BCUT2D eigenvalue weighted by atomic mass is 35.5. The lowest BCUT2D eigenvalue weighted by Crippen LogP contribution is -2.23. The van der Waals surface area contributed by atoms with E-state index in [2.05, 4.69) is 130 Å². The fraction of sp³-hybridized carbons (Fsp3) is 0.273. The minimum atomic E-state index is -0.150. The van der Waals surface area contributed by atoms with Gasteiger partial charge in [-0.05, 0) is 59.2 Å². The summed E-state index contributed by atoms with van der Waals surface area (Å²) in [6, 6.07) is 23.1. The van der Waals surface area contributed by atoms with Crippen molar-refractivity contribution < 1.29 is 0 Å². The molecule has 0 saturated heterocycles. The number of likely N-dealkylation sites (N-methyl/N-ethyl adjacent to an activating group) is 2. The maximum atomic E-state index is 6.39. The zero-order chi connectivity index (χ0) is 26.5. The third-order valence-electron chi connectivity index (χ3n) is 8.08. The van der Waals surface area contributed by atoms with Crippen molar-refractivity contribution in [2.45, 2.75) is 44.4 Å². The van der Waals surface area contributed by atoms with Crippen molar-refractivity contribution in [1.29, 1.82) is 0 Å². The standard InChI is InChI=1S/C33H34Cl2N2/c1-32(2)26-20-24(34)15-17-28(26)36(5)30(32)14-10-13-23(22-11-8-7-9-12-22)19-31-33(3,4)27-21-25(35)16-18-29(27)37(31)6/h7-21,23H,1-6H3/b13-10+,30-14-,31-19+. The Labute approximate surface area is 231 Å². The van der Waals surface area contributed by atoms with E-state index < -0.39 is 0 Å². The predicted molar refractivity (Wildman–Crippen MR) is 160 cm³/mol. The molecule has 37 heavy (non-hydrogen) atoms. The molecule has 0 aromatic heterocycles. The van der Waals surface area contributed by atoms with Crippen molar-refractivity contribution in [3.05, 3.63) is 129 Å². The summed E-state index contributed by atoms with van der Waals surface area (Å²) in [5.74, 6) is 0.117. The molecule has 3 aromatic carbocycles. The first-order valence-corrected chi connectivity index (χ1v) is 13.5. The Morgan fingerprint density at radius 3 is 1.78 bits per heavy atom. The quantitative estimate of drug-likeness (QED) is 0.332. The molecule has 2 aliphatic heterocycles. The van der Waals surface area contributed by atoms with E-state index in [0.717, 1.165) is 10.0 Å². The summed E-state index contributed by atoms with van der Waals surface area (Å²) in [7, 11) is 4.29. The van der Waals surface area contributed by atoms with Crippen molar-refractivity contribution in [3.8, 4) is 0 Å². The highest BCUT2D eigenvalue weighted by Crippen LogP contribution is 2.49. The van der Waals surface area contributed by atoms with Crippen molar-refractivity contribution >= 4 is 34.6 Å². The number of anilines is 2. The van der Waals surface area contributed by atoms with Gasteiger partial charge in [0.25, 0.3) is 0 Å². The molecule has 2 nitrogen and oxygen atoms in total. The van der Waals surface area contributed by atoms with Crippen molar-refractivity contribution in [2.24, 2.45) is 0 Å². The Kier molecular flexibility index (Phi) is 6.54. The molecule has 0 amide bonds. The minimum Gasteiger partial charge on any atom is -0.347 e. The third-order valence-corrected chi connectivity index (χ3v) is 8.55. The van der Waals surface area contributed by atoms with E-state index in [4.69, 9.17) is 23.2 Å². The van der Waals surface area contributed by atoms with Gasteiger partial charge in [0, 0.05) is 63.7 Å². The highest BCUT2D eigenvalue weighted by Gasteiger charge is 2.39. The molecular formula is C33H34Cl2N2. The Balaban J connectivity index is 1.54. The predicted octanol–water partition coefficient (Wildman–Crippen LogP) is 9.26. The second kappa shape index (κ2) is 9.42. The normalized spacial score (nSPS) is 20.6. The van der Waals surface area contributed by atoms with Gasteiger partial charge in [-0.2, -0.15) is 0 Å². The van der Waals surface area contributed by atoms with Crippen LogP contribution in [0.4, 0.5) is 11.4 Å². The van der Waals surface area contributed by atoms with Crippen LogP contribution in [0.15, 0.2) is 102 Å². The molecule has 190 valence electrons. The number of benzene rings is 3. The molecule has 1 unspecified atom stereocenters. The van der Waals surface area contributed by atoms with Crippen LogP contribution in [-0.4, -0.2) is 14.1 Å². The molecule has 0 saturated carbocycles. The number of halogens is 2. The van der Waals surface area contributed by atoms with Crippen LogP contribution in [0.2, 0.25) is 10.0 Å². The molecule has 2 aliphatic rings. The average molecular weight is 530 g/mol. The SMILES string of the molecule is CN1/C(=C\C=C\C(/C=C2/N(C)c3ccc(Cl)cc3C2(C)C)c2ccccc2)C(C)(C)c2cc(Cl)ccc21. The second-order valence-electron chi connectivity index (χ2n) is 11.1. The molecule has 0 fully saturated rings. The number of fused-ring (bicyclic) bond motifs is 2. The summed E-state index contributed by atoms with van der Waals surface area (Å²) in [6.45, 7) is 9.09. The van der Waals surface area contributed by atoms with Crippen LogP contribution in [0.1, 0.15) is 50.3 Å². The van der Waals surface area contributed by atoms with Crippen LogP contribution in [0.3, 0.4) is 0 Å². The van der Waals surface area contributed by atoms with Crippen LogP contribution in [0.25, 0.3) is 0 Å². The summed E-state index contributed by atoms with van der Waals surface area (Å²) < 4.78 is 0. The van der Waals surface area contributed by atoms with Gasteiger partial charge in [0.05, 0.1) is 0 Å². The Morgan fingerprint density at radius 2 is 1.22 bits per heavy atom. The fourth-order valence-electron chi connectivity index (χ4n) is 5.99. The monoisotopic (exact) mass is 528 g/mol. The number of allylic oxidation sites excluding steroid dienone is 6. The largest absolute Gasteiger partial charge is 0.347 e. The second-order valence-corrected chi connectivity index (χ2v) is 12.0. The van der Waals surface area contributed by atoms with E-state index >= 15 is 0 Å². The average Bonchev–Trinajstić information content (AvgIpc) is 3.17. The first-order valence-electron chi connectivity index (χ1n) is 12.8. The summed E-state index contributed by atoms with van der Waals surface area (Å²) >= 11 is 12.7.